The summed E-state index contributed by atoms with van der Waals surface area (Å²) in [6, 6.07) is 6.20. The Labute approximate surface area is 203 Å². The van der Waals surface area contributed by atoms with Crippen LogP contribution in [0.15, 0.2) is 23.2 Å². The first-order valence-corrected chi connectivity index (χ1v) is 11.1. The molecular formula is C22H37ClIN5O. The summed E-state index contributed by atoms with van der Waals surface area (Å²) in [6.07, 6.45) is 4.94. The van der Waals surface area contributed by atoms with E-state index in [4.69, 9.17) is 16.3 Å². The van der Waals surface area contributed by atoms with Crippen molar-refractivity contribution < 1.29 is 4.74 Å². The number of likely N-dealkylation sites (N-methyl/N-ethyl adjacent to an activating group) is 1. The van der Waals surface area contributed by atoms with Crippen molar-refractivity contribution in [2.45, 2.75) is 32.2 Å². The largest absolute Gasteiger partial charge is 0.385 e. The summed E-state index contributed by atoms with van der Waals surface area (Å²) in [5.41, 5.74) is 2.71. The van der Waals surface area contributed by atoms with Gasteiger partial charge >= 0.3 is 0 Å². The van der Waals surface area contributed by atoms with Crippen LogP contribution >= 0.6 is 35.6 Å². The standard InChI is InChI=1S/C22H36ClN5O.HI/c1-24-21(26-17-22(8-5-9-22)10-15-29-3)25-16-18-19(23)6-4-7-20(18)28-13-11-27(2)12-14-28;/h4,6-7H,5,8-17H2,1-3H3,(H2,24,25,26);1H. The summed E-state index contributed by atoms with van der Waals surface area (Å²) in [6.45, 7) is 6.62. The van der Waals surface area contributed by atoms with E-state index in [1.807, 2.05) is 19.2 Å². The highest BCUT2D eigenvalue weighted by atomic mass is 127. The Morgan fingerprint density at radius 2 is 1.93 bits per heavy atom. The smallest absolute Gasteiger partial charge is 0.191 e. The van der Waals surface area contributed by atoms with Crippen LogP contribution in [0.4, 0.5) is 5.69 Å². The van der Waals surface area contributed by atoms with Gasteiger partial charge in [-0.3, -0.25) is 4.99 Å². The highest BCUT2D eigenvalue weighted by Crippen LogP contribution is 2.43. The SMILES string of the molecule is CN=C(NCc1c(Cl)cccc1N1CCN(C)CC1)NCC1(CCOC)CCC1.I. The second-order valence-electron chi connectivity index (χ2n) is 8.40. The minimum atomic E-state index is 0. The first-order chi connectivity index (χ1) is 14.1. The Bertz CT molecular complexity index is 690. The molecule has 3 rings (SSSR count). The van der Waals surface area contributed by atoms with Gasteiger partial charge in [0.2, 0.25) is 0 Å². The number of benzene rings is 1. The second kappa shape index (κ2) is 12.3. The molecule has 1 saturated heterocycles. The molecule has 2 aliphatic rings. The van der Waals surface area contributed by atoms with Crippen molar-refractivity contribution in [2.24, 2.45) is 10.4 Å². The molecule has 2 fully saturated rings. The lowest BCUT2D eigenvalue weighted by Crippen LogP contribution is -2.47. The zero-order valence-corrected chi connectivity index (χ0v) is 21.6. The molecule has 0 amide bonds. The number of nitrogens with zero attached hydrogens (tertiary/aromatic N) is 3. The quantitative estimate of drug-likeness (QED) is 0.295. The molecule has 1 aromatic carbocycles. The van der Waals surface area contributed by atoms with Crippen LogP contribution in [-0.4, -0.2) is 71.4 Å². The van der Waals surface area contributed by atoms with Crippen LogP contribution in [0.2, 0.25) is 5.02 Å². The Morgan fingerprint density at radius 3 is 2.53 bits per heavy atom. The summed E-state index contributed by atoms with van der Waals surface area (Å²) in [4.78, 5) is 9.23. The van der Waals surface area contributed by atoms with Gasteiger partial charge in [0, 0.05) is 76.3 Å². The lowest BCUT2D eigenvalue weighted by molar-refractivity contribution is 0.0732. The van der Waals surface area contributed by atoms with E-state index in [1.165, 1.54) is 24.9 Å². The van der Waals surface area contributed by atoms with E-state index < -0.39 is 0 Å². The van der Waals surface area contributed by atoms with Crippen LogP contribution < -0.4 is 15.5 Å². The molecule has 1 aliphatic heterocycles. The number of ether oxygens (including phenoxy) is 1. The van der Waals surface area contributed by atoms with Gasteiger partial charge in [0.1, 0.15) is 0 Å². The highest BCUT2D eigenvalue weighted by molar-refractivity contribution is 14.0. The summed E-state index contributed by atoms with van der Waals surface area (Å²) < 4.78 is 5.31. The van der Waals surface area contributed by atoms with Gasteiger partial charge in [-0.15, -0.1) is 24.0 Å². The number of anilines is 1. The monoisotopic (exact) mass is 549 g/mol. The molecule has 170 valence electrons. The van der Waals surface area contributed by atoms with Gasteiger partial charge in [-0.2, -0.15) is 0 Å². The third-order valence-corrected chi connectivity index (χ3v) is 6.83. The Balaban J connectivity index is 0.00000320. The molecule has 1 heterocycles. The molecule has 1 aliphatic carbocycles. The van der Waals surface area contributed by atoms with Crippen molar-refractivity contribution in [3.05, 3.63) is 28.8 Å². The van der Waals surface area contributed by atoms with Crippen molar-refractivity contribution in [3.8, 4) is 0 Å². The van der Waals surface area contributed by atoms with Crippen LogP contribution in [0, 0.1) is 5.41 Å². The van der Waals surface area contributed by atoms with E-state index in [0.717, 1.165) is 62.3 Å². The third-order valence-electron chi connectivity index (χ3n) is 6.48. The summed E-state index contributed by atoms with van der Waals surface area (Å²) in [5.74, 6) is 0.831. The number of methoxy groups -OCH3 is 1. The Hall–Kier alpha value is -0.770. The van der Waals surface area contributed by atoms with Crippen LogP contribution in [0.5, 0.6) is 0 Å². The average molecular weight is 550 g/mol. The van der Waals surface area contributed by atoms with Crippen LogP contribution in [-0.2, 0) is 11.3 Å². The molecule has 2 N–H and O–H groups in total. The predicted molar refractivity (Wildman–Crippen MR) is 138 cm³/mol. The maximum atomic E-state index is 6.59. The fourth-order valence-electron chi connectivity index (χ4n) is 4.24. The van der Waals surface area contributed by atoms with E-state index >= 15 is 0 Å². The molecule has 0 spiro atoms. The summed E-state index contributed by atoms with van der Waals surface area (Å²) in [7, 11) is 5.78. The van der Waals surface area contributed by atoms with Crippen molar-refractivity contribution in [1.29, 1.82) is 0 Å². The number of nitrogens with one attached hydrogen (secondary N) is 2. The van der Waals surface area contributed by atoms with Crippen molar-refractivity contribution in [2.75, 3.05) is 65.4 Å². The van der Waals surface area contributed by atoms with Gasteiger partial charge in [-0.1, -0.05) is 24.1 Å². The summed E-state index contributed by atoms with van der Waals surface area (Å²) >= 11 is 6.59. The van der Waals surface area contributed by atoms with Crippen LogP contribution in [0.3, 0.4) is 0 Å². The van der Waals surface area contributed by atoms with E-state index in [9.17, 15) is 0 Å². The third kappa shape index (κ3) is 6.61. The minimum Gasteiger partial charge on any atom is -0.385 e. The summed E-state index contributed by atoms with van der Waals surface area (Å²) in [5, 5.41) is 7.82. The van der Waals surface area contributed by atoms with Gasteiger partial charge in [-0.05, 0) is 43.9 Å². The van der Waals surface area contributed by atoms with Crippen LogP contribution in [0.1, 0.15) is 31.2 Å². The van der Waals surface area contributed by atoms with Gasteiger partial charge in [0.25, 0.3) is 0 Å². The van der Waals surface area contributed by atoms with Gasteiger partial charge in [0.15, 0.2) is 5.96 Å². The lowest BCUT2D eigenvalue weighted by Gasteiger charge is -2.42. The highest BCUT2D eigenvalue weighted by Gasteiger charge is 2.36. The molecule has 1 saturated carbocycles. The fourth-order valence-corrected chi connectivity index (χ4v) is 4.48. The first-order valence-electron chi connectivity index (χ1n) is 10.7. The maximum absolute atomic E-state index is 6.59. The van der Waals surface area contributed by atoms with Crippen LogP contribution in [0.25, 0.3) is 0 Å². The number of rotatable bonds is 8. The van der Waals surface area contributed by atoms with E-state index in [1.54, 1.807) is 7.11 Å². The van der Waals surface area contributed by atoms with Gasteiger partial charge < -0.3 is 25.2 Å². The van der Waals surface area contributed by atoms with Crippen molar-refractivity contribution in [1.82, 2.24) is 15.5 Å². The number of hydrogen-bond acceptors (Lipinski definition) is 4. The zero-order valence-electron chi connectivity index (χ0n) is 18.5. The Morgan fingerprint density at radius 1 is 1.20 bits per heavy atom. The first kappa shape index (κ1) is 25.5. The second-order valence-corrected chi connectivity index (χ2v) is 8.81. The number of aliphatic imine (C=N–C) groups is 1. The fraction of sp³-hybridized carbons (Fsp3) is 0.682. The average Bonchev–Trinajstić information content (AvgIpc) is 2.70. The molecule has 8 heteroatoms. The zero-order chi connectivity index (χ0) is 20.7. The van der Waals surface area contributed by atoms with Gasteiger partial charge in [-0.25, -0.2) is 0 Å². The molecule has 0 radical (unpaired) electrons. The lowest BCUT2D eigenvalue weighted by atomic mass is 9.67. The molecular weight excluding hydrogens is 513 g/mol. The van der Waals surface area contributed by atoms with E-state index in [2.05, 4.69) is 38.5 Å². The van der Waals surface area contributed by atoms with E-state index in [-0.39, 0.29) is 24.0 Å². The molecule has 0 atom stereocenters. The number of halogens is 2. The van der Waals surface area contributed by atoms with Crippen molar-refractivity contribution in [3.63, 3.8) is 0 Å². The maximum Gasteiger partial charge on any atom is 0.191 e. The topological polar surface area (TPSA) is 52.1 Å². The minimum absolute atomic E-state index is 0. The number of hydrogen-bond donors (Lipinski definition) is 2. The molecule has 0 aromatic heterocycles. The van der Waals surface area contributed by atoms with Gasteiger partial charge in [0.05, 0.1) is 0 Å². The molecule has 30 heavy (non-hydrogen) atoms. The van der Waals surface area contributed by atoms with E-state index in [0.29, 0.717) is 12.0 Å². The molecule has 1 aromatic rings. The Kier molecular flexibility index (Phi) is 10.5. The normalized spacial score (nSPS) is 19.1. The molecule has 0 bridgehead atoms. The molecule has 6 nitrogen and oxygen atoms in total. The molecule has 0 unspecified atom stereocenters. The number of guanidine groups is 1. The predicted octanol–water partition coefficient (Wildman–Crippen LogP) is 3.58. The number of piperazine rings is 1. The van der Waals surface area contributed by atoms with Crippen molar-refractivity contribution >= 4 is 47.2 Å².